The first-order valence-corrected chi connectivity index (χ1v) is 12.1. The molecular weight excluding hydrogens is 448 g/mol. The van der Waals surface area contributed by atoms with Crippen molar-refractivity contribution >= 4 is 21.8 Å². The Morgan fingerprint density at radius 2 is 1.00 bits per heavy atom. The number of aromatic nitrogens is 1. The van der Waals surface area contributed by atoms with Gasteiger partial charge in [-0.05, 0) is 114 Å². The summed E-state index contributed by atoms with van der Waals surface area (Å²) >= 11 is 0. The van der Waals surface area contributed by atoms with Crippen molar-refractivity contribution in [1.29, 1.82) is 0 Å². The number of halogens is 2. The van der Waals surface area contributed by atoms with E-state index in [1.54, 1.807) is 24.3 Å². The van der Waals surface area contributed by atoms with Crippen LogP contribution in [0.2, 0.25) is 0 Å². The molecule has 0 aliphatic rings. The lowest BCUT2D eigenvalue weighted by atomic mass is 9.99. The maximum atomic E-state index is 14.2. The fourth-order valence-corrected chi connectivity index (χ4v) is 5.26. The van der Waals surface area contributed by atoms with Crippen molar-refractivity contribution in [2.75, 3.05) is 0 Å². The summed E-state index contributed by atoms with van der Waals surface area (Å²) in [5.74, 6) is -0.479. The van der Waals surface area contributed by atoms with E-state index in [2.05, 4.69) is 60.0 Å². The molecule has 5 aromatic carbocycles. The first-order valence-electron chi connectivity index (χ1n) is 12.1. The van der Waals surface area contributed by atoms with Crippen LogP contribution in [0, 0.1) is 32.4 Å². The van der Waals surface area contributed by atoms with Gasteiger partial charge in [-0.3, -0.25) is 0 Å². The number of rotatable bonds is 3. The van der Waals surface area contributed by atoms with E-state index in [-0.39, 0.29) is 11.6 Å². The van der Waals surface area contributed by atoms with Gasteiger partial charge in [0, 0.05) is 16.5 Å². The van der Waals surface area contributed by atoms with Crippen LogP contribution in [-0.4, -0.2) is 4.57 Å². The van der Waals surface area contributed by atoms with Crippen LogP contribution in [0.3, 0.4) is 0 Å². The predicted molar refractivity (Wildman–Crippen MR) is 146 cm³/mol. The van der Waals surface area contributed by atoms with E-state index >= 15 is 0 Å². The van der Waals surface area contributed by atoms with Crippen LogP contribution in [0.1, 0.15) is 16.7 Å². The summed E-state index contributed by atoms with van der Waals surface area (Å²) < 4.78 is 30.7. The molecule has 0 N–H and O–H groups in total. The summed E-state index contributed by atoms with van der Waals surface area (Å²) in [5, 5.41) is 2.14. The van der Waals surface area contributed by atoms with E-state index < -0.39 is 0 Å². The normalized spacial score (nSPS) is 11.5. The van der Waals surface area contributed by atoms with Crippen LogP contribution >= 0.6 is 0 Å². The van der Waals surface area contributed by atoms with Crippen LogP contribution in [0.25, 0.3) is 49.7 Å². The van der Waals surface area contributed by atoms with Gasteiger partial charge in [-0.2, -0.15) is 0 Å². The maximum absolute atomic E-state index is 14.2. The van der Waals surface area contributed by atoms with E-state index in [9.17, 15) is 8.78 Å². The molecule has 6 aromatic rings. The summed E-state index contributed by atoms with van der Waals surface area (Å²) in [4.78, 5) is 0. The lowest BCUT2D eigenvalue weighted by molar-refractivity contribution is 0.626. The molecule has 0 fully saturated rings. The van der Waals surface area contributed by atoms with Gasteiger partial charge in [-0.1, -0.05) is 42.5 Å². The van der Waals surface area contributed by atoms with Gasteiger partial charge in [-0.15, -0.1) is 0 Å². The van der Waals surface area contributed by atoms with Crippen molar-refractivity contribution < 1.29 is 8.78 Å². The highest BCUT2D eigenvalue weighted by atomic mass is 19.1. The number of aryl methyl sites for hydroxylation is 3. The Morgan fingerprint density at radius 3 is 1.47 bits per heavy atom. The summed E-state index contributed by atoms with van der Waals surface area (Å²) in [5.41, 5.74) is 9.82. The average Bonchev–Trinajstić information content (AvgIpc) is 3.16. The maximum Gasteiger partial charge on any atom is 0.124 e. The minimum absolute atomic E-state index is 0.240. The largest absolute Gasteiger partial charge is 0.309 e. The van der Waals surface area contributed by atoms with E-state index in [1.165, 1.54) is 5.56 Å². The zero-order valence-electron chi connectivity index (χ0n) is 20.4. The van der Waals surface area contributed by atoms with Gasteiger partial charge in [0.05, 0.1) is 11.0 Å². The molecule has 176 valence electrons. The second-order valence-corrected chi connectivity index (χ2v) is 9.62. The molecule has 1 aromatic heterocycles. The third-order valence-corrected chi connectivity index (χ3v) is 6.87. The molecule has 0 amide bonds. The van der Waals surface area contributed by atoms with Crippen LogP contribution in [-0.2, 0) is 0 Å². The molecule has 0 saturated heterocycles. The van der Waals surface area contributed by atoms with Gasteiger partial charge >= 0.3 is 0 Å². The molecule has 3 heteroatoms. The molecule has 0 saturated carbocycles. The quantitative estimate of drug-likeness (QED) is 0.241. The highest BCUT2D eigenvalue weighted by Crippen LogP contribution is 2.38. The third-order valence-electron chi connectivity index (χ3n) is 6.87. The molecule has 1 heterocycles. The van der Waals surface area contributed by atoms with Crippen LogP contribution < -0.4 is 0 Å². The second kappa shape index (κ2) is 8.46. The third kappa shape index (κ3) is 3.77. The van der Waals surface area contributed by atoms with E-state index in [0.717, 1.165) is 60.9 Å². The van der Waals surface area contributed by atoms with Crippen molar-refractivity contribution in [3.05, 3.63) is 125 Å². The summed E-state index contributed by atoms with van der Waals surface area (Å²) in [7, 11) is 0. The van der Waals surface area contributed by atoms with Gasteiger partial charge in [0.25, 0.3) is 0 Å². The van der Waals surface area contributed by atoms with E-state index in [1.807, 2.05) is 38.1 Å². The van der Waals surface area contributed by atoms with Gasteiger partial charge in [0.15, 0.2) is 0 Å². The predicted octanol–water partition coefficient (Wildman–Crippen LogP) is 9.32. The van der Waals surface area contributed by atoms with Crippen LogP contribution in [0.5, 0.6) is 0 Å². The Kier molecular flexibility index (Phi) is 5.22. The van der Waals surface area contributed by atoms with Crippen molar-refractivity contribution in [2.24, 2.45) is 0 Å². The Bertz CT molecular complexity index is 1640. The Labute approximate surface area is 209 Å². The highest BCUT2D eigenvalue weighted by Gasteiger charge is 2.16. The molecule has 0 radical (unpaired) electrons. The van der Waals surface area contributed by atoms with Crippen LogP contribution in [0.15, 0.2) is 97.1 Å². The van der Waals surface area contributed by atoms with Crippen LogP contribution in [0.4, 0.5) is 8.78 Å². The number of para-hydroxylation sites is 1. The number of benzene rings is 5. The summed E-state index contributed by atoms with van der Waals surface area (Å²) in [6.45, 7) is 5.92. The summed E-state index contributed by atoms with van der Waals surface area (Å²) in [6, 6.07) is 31.2. The Hall–Kier alpha value is -4.24. The molecule has 0 aliphatic carbocycles. The molecule has 1 nitrogen and oxygen atoms in total. The van der Waals surface area contributed by atoms with Gasteiger partial charge in [0.1, 0.15) is 11.6 Å². The minimum Gasteiger partial charge on any atom is -0.309 e. The van der Waals surface area contributed by atoms with E-state index in [0.29, 0.717) is 0 Å². The number of nitrogens with zero attached hydrogens (tertiary/aromatic N) is 1. The molecule has 0 atom stereocenters. The zero-order valence-corrected chi connectivity index (χ0v) is 20.4. The Morgan fingerprint density at radius 1 is 0.500 bits per heavy atom. The van der Waals surface area contributed by atoms with Gasteiger partial charge < -0.3 is 4.57 Å². The molecule has 6 rings (SSSR count). The monoisotopic (exact) mass is 473 g/mol. The standard InChI is InChI=1S/C33H25F2N/c1-20-12-25(16-27(34)14-20)23-8-10-32-29(18-23)30-19-24(26-13-21(2)15-28(35)17-26)9-11-33(30)36(32)31-7-5-4-6-22(31)3/h4-19H,1-3H3. The molecular formula is C33H25F2N. The minimum atomic E-state index is -0.240. The fraction of sp³-hybridized carbons (Fsp3) is 0.0909. The van der Waals surface area contributed by atoms with Crippen molar-refractivity contribution in [3.63, 3.8) is 0 Å². The Balaban J connectivity index is 1.67. The number of hydrogen-bond acceptors (Lipinski definition) is 0. The van der Waals surface area contributed by atoms with Crippen molar-refractivity contribution in [3.8, 4) is 27.9 Å². The summed E-state index contributed by atoms with van der Waals surface area (Å²) in [6.07, 6.45) is 0. The fourth-order valence-electron chi connectivity index (χ4n) is 5.26. The number of fused-ring (bicyclic) bond motifs is 3. The smallest absolute Gasteiger partial charge is 0.124 e. The molecule has 0 bridgehead atoms. The lowest BCUT2D eigenvalue weighted by Gasteiger charge is -2.11. The first-order chi connectivity index (χ1) is 17.4. The van der Waals surface area contributed by atoms with Gasteiger partial charge in [-0.25, -0.2) is 8.78 Å². The topological polar surface area (TPSA) is 4.93 Å². The molecule has 36 heavy (non-hydrogen) atoms. The highest BCUT2D eigenvalue weighted by molar-refractivity contribution is 6.11. The zero-order chi connectivity index (χ0) is 25.0. The van der Waals surface area contributed by atoms with E-state index in [4.69, 9.17) is 0 Å². The lowest BCUT2D eigenvalue weighted by Crippen LogP contribution is -1.96. The van der Waals surface area contributed by atoms with Crippen molar-refractivity contribution in [2.45, 2.75) is 20.8 Å². The molecule has 0 spiro atoms. The molecule has 0 unspecified atom stereocenters. The second-order valence-electron chi connectivity index (χ2n) is 9.62. The first kappa shape index (κ1) is 22.2. The number of hydrogen-bond donors (Lipinski definition) is 0. The average molecular weight is 474 g/mol. The molecule has 0 aliphatic heterocycles. The van der Waals surface area contributed by atoms with Crippen molar-refractivity contribution in [1.82, 2.24) is 4.57 Å². The SMILES string of the molecule is Cc1cc(F)cc(-c2ccc3c(c2)c2cc(-c4cc(C)cc(F)c4)ccc2n3-c2ccccc2C)c1. The van der Waals surface area contributed by atoms with Gasteiger partial charge in [0.2, 0.25) is 0 Å².